The molecule has 8 aromatic carbocycles. The molecule has 0 aliphatic heterocycles. The zero-order chi connectivity index (χ0) is 40.3. The van der Waals surface area contributed by atoms with Crippen molar-refractivity contribution in [3.8, 4) is 39.9 Å². The molecule has 1 aliphatic rings. The van der Waals surface area contributed by atoms with Gasteiger partial charge in [0, 0.05) is 53.3 Å². The van der Waals surface area contributed by atoms with Crippen LogP contribution in [0.15, 0.2) is 158 Å². The zero-order valence-electron chi connectivity index (χ0n) is 34.1. The van der Waals surface area contributed by atoms with Crippen molar-refractivity contribution >= 4 is 74.9 Å². The van der Waals surface area contributed by atoms with E-state index in [1.165, 1.54) is 71.3 Å². The van der Waals surface area contributed by atoms with Crippen molar-refractivity contribution in [1.82, 2.24) is 19.5 Å². The minimum absolute atomic E-state index is 0.106. The second-order valence-electron chi connectivity index (χ2n) is 17.9. The number of para-hydroxylation sites is 1. The zero-order valence-corrected chi connectivity index (χ0v) is 34.9. The lowest BCUT2D eigenvalue weighted by atomic mass is 9.63. The fourth-order valence-corrected chi connectivity index (χ4v) is 11.1. The van der Waals surface area contributed by atoms with E-state index in [1.54, 1.807) is 0 Å². The third-order valence-electron chi connectivity index (χ3n) is 13.3. The van der Waals surface area contributed by atoms with Gasteiger partial charge in [-0.15, -0.1) is 11.3 Å². The van der Waals surface area contributed by atoms with E-state index in [0.29, 0.717) is 17.5 Å². The molecule has 0 fully saturated rings. The second kappa shape index (κ2) is 12.9. The molecule has 288 valence electrons. The van der Waals surface area contributed by atoms with Gasteiger partial charge >= 0.3 is 0 Å². The van der Waals surface area contributed by atoms with Crippen molar-refractivity contribution in [1.29, 1.82) is 0 Å². The van der Waals surface area contributed by atoms with Gasteiger partial charge in [0.25, 0.3) is 0 Å². The first-order chi connectivity index (χ1) is 29.2. The summed E-state index contributed by atoms with van der Waals surface area (Å²) in [5.74, 6) is 1.99. The van der Waals surface area contributed by atoms with Crippen molar-refractivity contribution in [2.45, 2.75) is 51.4 Å². The molecule has 3 heterocycles. The topological polar surface area (TPSA) is 43.6 Å². The molecular weight excluding hydrogens is 749 g/mol. The Bertz CT molecular complexity index is 3560. The minimum Gasteiger partial charge on any atom is -0.309 e. The lowest BCUT2D eigenvalue weighted by molar-refractivity contribution is 0.332. The van der Waals surface area contributed by atoms with E-state index < -0.39 is 0 Å². The summed E-state index contributed by atoms with van der Waals surface area (Å²) in [5.41, 5.74) is 9.77. The molecule has 0 N–H and O–H groups in total. The first-order valence-corrected chi connectivity index (χ1v) is 21.8. The number of rotatable bonds is 4. The predicted octanol–water partition coefficient (Wildman–Crippen LogP) is 15.0. The highest BCUT2D eigenvalue weighted by atomic mass is 32.1. The number of benzene rings is 8. The van der Waals surface area contributed by atoms with Gasteiger partial charge in [-0.1, -0.05) is 137 Å². The van der Waals surface area contributed by atoms with Gasteiger partial charge in [-0.2, -0.15) is 0 Å². The molecule has 0 spiro atoms. The van der Waals surface area contributed by atoms with E-state index in [0.717, 1.165) is 38.5 Å². The molecular formula is C55H42N4S. The largest absolute Gasteiger partial charge is 0.309 e. The molecule has 0 saturated carbocycles. The first kappa shape index (κ1) is 35.3. The lowest BCUT2D eigenvalue weighted by Crippen LogP contribution is -2.33. The number of aromatic nitrogens is 4. The highest BCUT2D eigenvalue weighted by molar-refractivity contribution is 7.25. The van der Waals surface area contributed by atoms with Crippen molar-refractivity contribution in [3.05, 3.63) is 169 Å². The van der Waals surface area contributed by atoms with Crippen molar-refractivity contribution in [2.24, 2.45) is 0 Å². The Morgan fingerprint density at radius 3 is 1.93 bits per heavy atom. The molecule has 0 atom stereocenters. The van der Waals surface area contributed by atoms with Gasteiger partial charge in [-0.05, 0) is 105 Å². The molecule has 60 heavy (non-hydrogen) atoms. The van der Waals surface area contributed by atoms with Gasteiger partial charge in [0.05, 0.1) is 11.0 Å². The van der Waals surface area contributed by atoms with Gasteiger partial charge in [-0.3, -0.25) is 0 Å². The number of hydrogen-bond acceptors (Lipinski definition) is 4. The van der Waals surface area contributed by atoms with Crippen molar-refractivity contribution < 1.29 is 0 Å². The average molecular weight is 791 g/mol. The van der Waals surface area contributed by atoms with Crippen LogP contribution in [0.2, 0.25) is 0 Å². The molecule has 0 bridgehead atoms. The fraction of sp³-hybridized carbons (Fsp3) is 0.145. The molecule has 11 aromatic rings. The summed E-state index contributed by atoms with van der Waals surface area (Å²) < 4.78 is 4.95. The summed E-state index contributed by atoms with van der Waals surface area (Å²) in [6, 6.07) is 57.3. The van der Waals surface area contributed by atoms with E-state index in [1.807, 2.05) is 11.3 Å². The van der Waals surface area contributed by atoms with Crippen molar-refractivity contribution in [3.63, 3.8) is 0 Å². The minimum atomic E-state index is 0.106. The third-order valence-corrected chi connectivity index (χ3v) is 14.4. The average Bonchev–Trinajstić information content (AvgIpc) is 3.82. The van der Waals surface area contributed by atoms with Crippen LogP contribution in [0.25, 0.3) is 103 Å². The predicted molar refractivity (Wildman–Crippen MR) is 254 cm³/mol. The van der Waals surface area contributed by atoms with Crippen molar-refractivity contribution in [2.75, 3.05) is 0 Å². The van der Waals surface area contributed by atoms with E-state index in [-0.39, 0.29) is 10.8 Å². The summed E-state index contributed by atoms with van der Waals surface area (Å²) in [7, 11) is 0. The Hall–Kier alpha value is -6.69. The Kier molecular flexibility index (Phi) is 7.59. The lowest BCUT2D eigenvalue weighted by Gasteiger charge is -2.42. The standard InChI is InChI=1S/C55H42N4S/c1-54(2)27-28-55(3,4)45-32-47-43(31-44(45)54)39-16-7-9-20-46(39)59(47)37-26-25-33-23-24-35(29-36(33)30-37)51-56-52(40-18-11-14-34-13-5-6-15-38(34)40)58-53(57-51)42-19-12-22-49-50(42)41-17-8-10-21-48(41)60-49/h5-26,29-32H,27-28H2,1-4H3. The highest BCUT2D eigenvalue weighted by Crippen LogP contribution is 2.49. The maximum absolute atomic E-state index is 5.32. The SMILES string of the molecule is CC1(C)CCC(C)(C)c2cc3c(cc21)c1ccccc1n3-c1ccc2ccc(-c3nc(-c4cccc5ccccc45)nc(-c4cccc5sc6ccccc6c45)n3)cc2c1. The molecule has 0 amide bonds. The monoisotopic (exact) mass is 790 g/mol. The Morgan fingerprint density at radius 1 is 0.450 bits per heavy atom. The molecule has 0 unspecified atom stereocenters. The summed E-state index contributed by atoms with van der Waals surface area (Å²) >= 11 is 1.81. The van der Waals surface area contributed by atoms with Crippen LogP contribution in [0.5, 0.6) is 0 Å². The normalized spacial score (nSPS) is 14.8. The van der Waals surface area contributed by atoms with Crippen LogP contribution in [0.1, 0.15) is 51.7 Å². The molecule has 0 radical (unpaired) electrons. The number of nitrogens with zero attached hydrogens (tertiary/aromatic N) is 4. The molecule has 5 heteroatoms. The summed E-state index contributed by atoms with van der Waals surface area (Å²) in [6.45, 7) is 9.66. The van der Waals surface area contributed by atoms with E-state index in [9.17, 15) is 0 Å². The van der Waals surface area contributed by atoms with E-state index in [4.69, 9.17) is 15.0 Å². The Balaban J connectivity index is 1.07. The first-order valence-electron chi connectivity index (χ1n) is 21.0. The number of hydrogen-bond donors (Lipinski definition) is 0. The fourth-order valence-electron chi connectivity index (χ4n) is 9.95. The third kappa shape index (κ3) is 5.38. The maximum atomic E-state index is 5.32. The molecule has 1 aliphatic carbocycles. The number of thiophene rings is 1. The molecule has 3 aromatic heterocycles. The quantitative estimate of drug-likeness (QED) is 0.178. The van der Waals surface area contributed by atoms with Crippen LogP contribution in [-0.2, 0) is 10.8 Å². The van der Waals surface area contributed by atoms with Crippen LogP contribution in [0.3, 0.4) is 0 Å². The summed E-state index contributed by atoms with van der Waals surface area (Å²) in [6.07, 6.45) is 2.37. The summed E-state index contributed by atoms with van der Waals surface area (Å²) in [5, 5.41) is 9.58. The van der Waals surface area contributed by atoms with Crippen LogP contribution < -0.4 is 0 Å². The van der Waals surface area contributed by atoms with Gasteiger partial charge in [0.15, 0.2) is 17.5 Å². The van der Waals surface area contributed by atoms with Crippen LogP contribution >= 0.6 is 11.3 Å². The van der Waals surface area contributed by atoms with Gasteiger partial charge in [0.1, 0.15) is 0 Å². The van der Waals surface area contributed by atoms with Gasteiger partial charge in [-0.25, -0.2) is 15.0 Å². The Morgan fingerprint density at radius 2 is 1.08 bits per heavy atom. The van der Waals surface area contributed by atoms with E-state index in [2.05, 4.69) is 190 Å². The second-order valence-corrected chi connectivity index (χ2v) is 19.0. The molecule has 0 saturated heterocycles. The van der Waals surface area contributed by atoms with Crippen LogP contribution in [0.4, 0.5) is 0 Å². The van der Waals surface area contributed by atoms with Gasteiger partial charge < -0.3 is 4.57 Å². The summed E-state index contributed by atoms with van der Waals surface area (Å²) in [4.78, 5) is 15.9. The number of fused-ring (bicyclic) bond motifs is 9. The highest BCUT2D eigenvalue weighted by Gasteiger charge is 2.38. The van der Waals surface area contributed by atoms with E-state index >= 15 is 0 Å². The van der Waals surface area contributed by atoms with Crippen LogP contribution in [0, 0.1) is 0 Å². The maximum Gasteiger partial charge on any atom is 0.164 e. The molecule has 12 rings (SSSR count). The van der Waals surface area contributed by atoms with Gasteiger partial charge in [0.2, 0.25) is 0 Å². The molecule has 4 nitrogen and oxygen atoms in total. The smallest absolute Gasteiger partial charge is 0.164 e. The Labute approximate surface area is 352 Å². The van der Waals surface area contributed by atoms with Crippen LogP contribution in [-0.4, -0.2) is 19.5 Å².